The van der Waals surface area contributed by atoms with Crippen molar-refractivity contribution in [3.8, 4) is 0 Å². The molecule has 0 aromatic heterocycles. The van der Waals surface area contributed by atoms with Gasteiger partial charge >= 0.3 is 6.03 Å². The standard InChI is InChI=1S/C26H25BrFN3O3/c1-5-10-30-22-13-21(28)16(11-19(22)15(2)14-26(30,3)4)12-20-23(32)29-25(34)31(24(20)33)18-8-6-17(27)7-9-18/h6-9,11-14H,5,10H2,1-4H3,(H,29,32,34)/b20-12-. The summed E-state index contributed by atoms with van der Waals surface area (Å²) in [6, 6.07) is 8.77. The maximum atomic E-state index is 15.3. The number of amides is 4. The second-order valence-electron chi connectivity index (χ2n) is 8.96. The molecule has 0 unspecified atom stereocenters. The number of hydrogen-bond donors (Lipinski definition) is 1. The first-order chi connectivity index (χ1) is 16.0. The molecule has 176 valence electrons. The molecule has 0 spiro atoms. The zero-order valence-corrected chi connectivity index (χ0v) is 21.0. The van der Waals surface area contributed by atoms with E-state index in [4.69, 9.17) is 0 Å². The summed E-state index contributed by atoms with van der Waals surface area (Å²) in [5.41, 5.74) is 2.41. The fourth-order valence-electron chi connectivity index (χ4n) is 4.50. The quantitative estimate of drug-likeness (QED) is 0.412. The van der Waals surface area contributed by atoms with Crippen molar-refractivity contribution in [2.45, 2.75) is 39.7 Å². The smallest absolute Gasteiger partial charge is 0.335 e. The lowest BCUT2D eigenvalue weighted by Crippen LogP contribution is -2.54. The largest absolute Gasteiger partial charge is 0.362 e. The van der Waals surface area contributed by atoms with Gasteiger partial charge in [0, 0.05) is 27.8 Å². The number of rotatable bonds is 4. The number of allylic oxidation sites excluding steroid dienone is 1. The van der Waals surface area contributed by atoms with Crippen molar-refractivity contribution in [2.24, 2.45) is 0 Å². The Labute approximate surface area is 206 Å². The van der Waals surface area contributed by atoms with Crippen LogP contribution in [-0.2, 0) is 9.59 Å². The number of nitrogens with zero attached hydrogens (tertiary/aromatic N) is 2. The predicted molar refractivity (Wildman–Crippen MR) is 135 cm³/mol. The Bertz CT molecular complexity index is 1260. The van der Waals surface area contributed by atoms with Crippen LogP contribution in [-0.4, -0.2) is 29.9 Å². The van der Waals surface area contributed by atoms with Crippen LogP contribution in [0.3, 0.4) is 0 Å². The number of anilines is 2. The molecule has 2 aliphatic rings. The van der Waals surface area contributed by atoms with E-state index in [1.54, 1.807) is 30.3 Å². The third-order valence-electron chi connectivity index (χ3n) is 6.03. The van der Waals surface area contributed by atoms with Gasteiger partial charge in [-0.1, -0.05) is 28.9 Å². The topological polar surface area (TPSA) is 69.7 Å². The van der Waals surface area contributed by atoms with Gasteiger partial charge in [-0.05, 0) is 75.2 Å². The summed E-state index contributed by atoms with van der Waals surface area (Å²) in [4.78, 5) is 41.1. The van der Waals surface area contributed by atoms with E-state index in [2.05, 4.69) is 53.0 Å². The summed E-state index contributed by atoms with van der Waals surface area (Å²) in [5.74, 6) is -2.22. The molecule has 0 aliphatic carbocycles. The molecule has 2 aromatic rings. The average molecular weight is 526 g/mol. The molecular formula is C26H25BrFN3O3. The summed E-state index contributed by atoms with van der Waals surface area (Å²) >= 11 is 3.31. The zero-order valence-electron chi connectivity index (χ0n) is 19.4. The lowest BCUT2D eigenvalue weighted by Gasteiger charge is -2.43. The fourth-order valence-corrected chi connectivity index (χ4v) is 4.76. The average Bonchev–Trinajstić information content (AvgIpc) is 2.75. The number of hydrogen-bond acceptors (Lipinski definition) is 4. The summed E-state index contributed by atoms with van der Waals surface area (Å²) < 4.78 is 16.1. The molecule has 2 aliphatic heterocycles. The van der Waals surface area contributed by atoms with Crippen molar-refractivity contribution in [1.29, 1.82) is 0 Å². The maximum absolute atomic E-state index is 15.3. The van der Waals surface area contributed by atoms with Crippen molar-refractivity contribution < 1.29 is 18.8 Å². The van der Waals surface area contributed by atoms with Gasteiger partial charge in [0.15, 0.2) is 0 Å². The van der Waals surface area contributed by atoms with Gasteiger partial charge in [-0.25, -0.2) is 14.1 Å². The van der Waals surface area contributed by atoms with Crippen LogP contribution in [0.15, 0.2) is 52.5 Å². The lowest BCUT2D eigenvalue weighted by molar-refractivity contribution is -0.122. The van der Waals surface area contributed by atoms with E-state index >= 15 is 4.39 Å². The molecule has 0 radical (unpaired) electrons. The molecule has 6 nitrogen and oxygen atoms in total. The third-order valence-corrected chi connectivity index (χ3v) is 6.56. The highest BCUT2D eigenvalue weighted by atomic mass is 79.9. The van der Waals surface area contributed by atoms with Gasteiger partial charge in [-0.2, -0.15) is 0 Å². The number of halogens is 2. The van der Waals surface area contributed by atoms with E-state index in [0.717, 1.165) is 39.2 Å². The number of benzene rings is 2. The van der Waals surface area contributed by atoms with Gasteiger partial charge in [-0.15, -0.1) is 0 Å². The molecule has 8 heteroatoms. The molecule has 0 atom stereocenters. The summed E-state index contributed by atoms with van der Waals surface area (Å²) in [5, 5.41) is 2.17. The van der Waals surface area contributed by atoms with E-state index in [-0.39, 0.29) is 16.7 Å². The first-order valence-electron chi connectivity index (χ1n) is 11.0. The van der Waals surface area contributed by atoms with Gasteiger partial charge in [0.1, 0.15) is 11.4 Å². The van der Waals surface area contributed by atoms with Crippen LogP contribution in [0.2, 0.25) is 0 Å². The van der Waals surface area contributed by atoms with Gasteiger partial charge in [0.2, 0.25) is 0 Å². The number of imide groups is 2. The predicted octanol–water partition coefficient (Wildman–Crippen LogP) is 5.67. The van der Waals surface area contributed by atoms with Crippen LogP contribution in [0.25, 0.3) is 11.6 Å². The fraction of sp³-hybridized carbons (Fsp3) is 0.269. The number of barbiturate groups is 1. The minimum Gasteiger partial charge on any atom is -0.362 e. The molecule has 1 fully saturated rings. The molecule has 34 heavy (non-hydrogen) atoms. The van der Waals surface area contributed by atoms with E-state index in [0.29, 0.717) is 5.69 Å². The molecule has 2 aromatic carbocycles. The van der Waals surface area contributed by atoms with Crippen LogP contribution in [0.5, 0.6) is 0 Å². The number of urea groups is 1. The highest BCUT2D eigenvalue weighted by molar-refractivity contribution is 9.10. The van der Waals surface area contributed by atoms with Crippen LogP contribution >= 0.6 is 15.9 Å². The Kier molecular flexibility index (Phi) is 6.20. The first-order valence-corrected chi connectivity index (χ1v) is 11.8. The number of nitrogens with one attached hydrogen (secondary N) is 1. The van der Waals surface area contributed by atoms with Crippen molar-refractivity contribution in [1.82, 2.24) is 5.32 Å². The molecular weight excluding hydrogens is 501 g/mol. The molecule has 4 rings (SSSR count). The molecule has 2 heterocycles. The second kappa shape index (κ2) is 8.83. The van der Waals surface area contributed by atoms with Crippen LogP contribution in [0.4, 0.5) is 20.6 Å². The van der Waals surface area contributed by atoms with Gasteiger partial charge < -0.3 is 4.90 Å². The Morgan fingerprint density at radius 3 is 2.44 bits per heavy atom. The maximum Gasteiger partial charge on any atom is 0.335 e. The van der Waals surface area contributed by atoms with Crippen molar-refractivity contribution in [3.05, 3.63) is 69.5 Å². The van der Waals surface area contributed by atoms with Gasteiger partial charge in [0.05, 0.1) is 11.2 Å². The van der Waals surface area contributed by atoms with E-state index in [9.17, 15) is 14.4 Å². The van der Waals surface area contributed by atoms with Crippen molar-refractivity contribution in [2.75, 3.05) is 16.3 Å². The number of carbonyl (C=O) groups is 3. The highest BCUT2D eigenvalue weighted by Gasteiger charge is 2.37. The van der Waals surface area contributed by atoms with Gasteiger partial charge in [-0.3, -0.25) is 14.9 Å². The van der Waals surface area contributed by atoms with Crippen molar-refractivity contribution >= 4 is 56.8 Å². The molecule has 1 saturated heterocycles. The molecule has 0 bridgehead atoms. The normalized spacial score (nSPS) is 18.7. The highest BCUT2D eigenvalue weighted by Crippen LogP contribution is 2.40. The van der Waals surface area contributed by atoms with Crippen LogP contribution in [0, 0.1) is 5.82 Å². The molecule has 4 amide bonds. The van der Waals surface area contributed by atoms with Crippen LogP contribution < -0.4 is 15.1 Å². The second-order valence-corrected chi connectivity index (χ2v) is 9.87. The zero-order chi connectivity index (χ0) is 24.8. The SMILES string of the molecule is CCCN1c2cc(F)c(/C=C3/C(=O)NC(=O)N(c4ccc(Br)cc4)C3=O)cc2C(C)=CC1(C)C. The summed E-state index contributed by atoms with van der Waals surface area (Å²) in [6.07, 6.45) is 4.24. The Morgan fingerprint density at radius 1 is 1.12 bits per heavy atom. The third kappa shape index (κ3) is 4.18. The van der Waals surface area contributed by atoms with Gasteiger partial charge in [0.25, 0.3) is 11.8 Å². The Morgan fingerprint density at radius 2 is 1.79 bits per heavy atom. The number of fused-ring (bicyclic) bond motifs is 1. The lowest BCUT2D eigenvalue weighted by atomic mass is 9.87. The van der Waals surface area contributed by atoms with Crippen molar-refractivity contribution in [3.63, 3.8) is 0 Å². The minimum atomic E-state index is -0.860. The van der Waals surface area contributed by atoms with E-state index < -0.39 is 23.7 Å². The summed E-state index contributed by atoms with van der Waals surface area (Å²) in [7, 11) is 0. The van der Waals surface area contributed by atoms with E-state index in [1.165, 1.54) is 12.1 Å². The number of carbonyl (C=O) groups excluding carboxylic acids is 3. The van der Waals surface area contributed by atoms with E-state index in [1.807, 2.05) is 6.92 Å². The molecule has 0 saturated carbocycles. The monoisotopic (exact) mass is 525 g/mol. The first kappa shape index (κ1) is 23.9. The summed E-state index contributed by atoms with van der Waals surface area (Å²) in [6.45, 7) is 8.96. The van der Waals surface area contributed by atoms with Crippen LogP contribution in [0.1, 0.15) is 45.2 Å². The molecule has 1 N–H and O–H groups in total. The Hall–Kier alpha value is -3.26. The minimum absolute atomic E-state index is 0.103. The Balaban J connectivity index is 1.78.